The van der Waals surface area contributed by atoms with Crippen LogP contribution >= 0.6 is 0 Å². The molecule has 1 saturated carbocycles. The normalized spacial score (nSPS) is 19.3. The van der Waals surface area contributed by atoms with Crippen LogP contribution in [0.1, 0.15) is 30.8 Å². The summed E-state index contributed by atoms with van der Waals surface area (Å²) >= 11 is 0. The first kappa shape index (κ1) is 16.2. The molecule has 0 aliphatic heterocycles. The minimum Gasteiger partial charge on any atom is -0.497 e. The van der Waals surface area contributed by atoms with E-state index in [9.17, 15) is 4.79 Å². The number of hydrogen-bond donors (Lipinski definition) is 1. The molecular formula is C19H21NO4. The Morgan fingerprint density at radius 1 is 1.25 bits per heavy atom. The Morgan fingerprint density at radius 2 is 2.04 bits per heavy atom. The van der Waals surface area contributed by atoms with Crippen molar-refractivity contribution in [3.05, 3.63) is 47.9 Å². The van der Waals surface area contributed by atoms with Crippen LogP contribution in [-0.2, 0) is 4.79 Å². The molecule has 5 nitrogen and oxygen atoms in total. The Balaban J connectivity index is 1.64. The van der Waals surface area contributed by atoms with Crippen LogP contribution in [0.15, 0.2) is 40.8 Å². The molecule has 2 atom stereocenters. The molecule has 24 heavy (non-hydrogen) atoms. The van der Waals surface area contributed by atoms with Gasteiger partial charge in [0, 0.05) is 18.1 Å². The van der Waals surface area contributed by atoms with Crippen LogP contribution in [0.2, 0.25) is 0 Å². The molecule has 3 rings (SSSR count). The van der Waals surface area contributed by atoms with Gasteiger partial charge in [0.15, 0.2) is 0 Å². The molecule has 1 heterocycles. The van der Waals surface area contributed by atoms with Gasteiger partial charge in [0.1, 0.15) is 23.0 Å². The molecule has 0 bridgehead atoms. The number of nitrogens with one attached hydrogen (secondary N) is 1. The zero-order valence-corrected chi connectivity index (χ0v) is 14.0. The number of ether oxygens (including phenoxy) is 2. The van der Waals surface area contributed by atoms with Gasteiger partial charge in [-0.15, -0.1) is 0 Å². The van der Waals surface area contributed by atoms with Gasteiger partial charge in [-0.25, -0.2) is 0 Å². The first-order valence-electron chi connectivity index (χ1n) is 7.91. The highest BCUT2D eigenvalue weighted by Crippen LogP contribution is 2.47. The van der Waals surface area contributed by atoms with E-state index in [4.69, 9.17) is 13.9 Å². The molecule has 2 unspecified atom stereocenters. The second-order valence-corrected chi connectivity index (χ2v) is 5.95. The number of amides is 1. The monoisotopic (exact) mass is 327 g/mol. The summed E-state index contributed by atoms with van der Waals surface area (Å²) in [4.78, 5) is 12.1. The van der Waals surface area contributed by atoms with Crippen LogP contribution in [-0.4, -0.2) is 20.1 Å². The number of rotatable bonds is 6. The van der Waals surface area contributed by atoms with E-state index in [1.54, 1.807) is 38.5 Å². The highest BCUT2D eigenvalue weighted by molar-refractivity contribution is 6.02. The molecule has 0 radical (unpaired) electrons. The maximum absolute atomic E-state index is 12.1. The van der Waals surface area contributed by atoms with Gasteiger partial charge in [-0.05, 0) is 42.7 Å². The van der Waals surface area contributed by atoms with Gasteiger partial charge in [0.05, 0.1) is 19.9 Å². The molecule has 0 spiro atoms. The maximum Gasteiger partial charge on any atom is 0.248 e. The topological polar surface area (TPSA) is 60.7 Å². The largest absolute Gasteiger partial charge is 0.497 e. The molecule has 1 aromatic carbocycles. The van der Waals surface area contributed by atoms with Crippen molar-refractivity contribution in [3.63, 3.8) is 0 Å². The van der Waals surface area contributed by atoms with Crippen LogP contribution in [0.4, 0.5) is 5.69 Å². The molecule has 1 N–H and O–H groups in total. The summed E-state index contributed by atoms with van der Waals surface area (Å²) in [6.45, 7) is 2.21. The van der Waals surface area contributed by atoms with E-state index in [1.807, 2.05) is 12.1 Å². The number of hydrogen-bond acceptors (Lipinski definition) is 4. The maximum atomic E-state index is 12.1. The van der Waals surface area contributed by atoms with Gasteiger partial charge >= 0.3 is 0 Å². The Labute approximate surface area is 141 Å². The summed E-state index contributed by atoms with van der Waals surface area (Å²) in [5.41, 5.74) is 0.583. The van der Waals surface area contributed by atoms with Gasteiger partial charge < -0.3 is 19.2 Å². The first-order valence-corrected chi connectivity index (χ1v) is 7.91. The number of benzene rings is 1. The average molecular weight is 327 g/mol. The summed E-state index contributed by atoms with van der Waals surface area (Å²) < 4.78 is 16.1. The van der Waals surface area contributed by atoms with E-state index in [0.717, 1.165) is 5.76 Å². The van der Waals surface area contributed by atoms with Crippen molar-refractivity contribution >= 4 is 17.7 Å². The fourth-order valence-electron chi connectivity index (χ4n) is 2.61. The third-order valence-corrected chi connectivity index (χ3v) is 4.19. The lowest BCUT2D eigenvalue weighted by molar-refractivity contribution is -0.111. The fourth-order valence-corrected chi connectivity index (χ4v) is 2.61. The number of furan rings is 1. The summed E-state index contributed by atoms with van der Waals surface area (Å²) in [5, 5.41) is 2.78. The zero-order chi connectivity index (χ0) is 17.1. The second kappa shape index (κ2) is 6.83. The van der Waals surface area contributed by atoms with E-state index in [0.29, 0.717) is 34.8 Å². The third kappa shape index (κ3) is 3.62. The van der Waals surface area contributed by atoms with Gasteiger partial charge in [-0.3, -0.25) is 4.79 Å². The molecular weight excluding hydrogens is 306 g/mol. The lowest BCUT2D eigenvalue weighted by atomic mass is 10.2. The smallest absolute Gasteiger partial charge is 0.248 e. The molecule has 1 aliphatic rings. The number of carbonyl (C=O) groups is 1. The van der Waals surface area contributed by atoms with Crippen molar-refractivity contribution in [2.24, 2.45) is 5.92 Å². The number of anilines is 1. The van der Waals surface area contributed by atoms with E-state index in [2.05, 4.69) is 12.2 Å². The van der Waals surface area contributed by atoms with Crippen LogP contribution < -0.4 is 14.8 Å². The van der Waals surface area contributed by atoms with Crippen LogP contribution in [0.3, 0.4) is 0 Å². The van der Waals surface area contributed by atoms with Crippen molar-refractivity contribution < 1.29 is 18.7 Å². The van der Waals surface area contributed by atoms with Crippen LogP contribution in [0, 0.1) is 5.92 Å². The Hall–Kier alpha value is -2.69. The Bertz CT molecular complexity index is 762. The lowest BCUT2D eigenvalue weighted by Gasteiger charge is -2.10. The van der Waals surface area contributed by atoms with E-state index >= 15 is 0 Å². The molecule has 1 aliphatic carbocycles. The van der Waals surface area contributed by atoms with Crippen LogP contribution in [0.25, 0.3) is 6.08 Å². The molecule has 2 aromatic rings. The predicted molar refractivity (Wildman–Crippen MR) is 92.4 cm³/mol. The molecule has 1 aromatic heterocycles. The van der Waals surface area contributed by atoms with Crippen molar-refractivity contribution in [2.75, 3.05) is 19.5 Å². The van der Waals surface area contributed by atoms with Gasteiger partial charge in [-0.1, -0.05) is 6.92 Å². The van der Waals surface area contributed by atoms with Crippen molar-refractivity contribution in [3.8, 4) is 11.5 Å². The van der Waals surface area contributed by atoms with Crippen molar-refractivity contribution in [2.45, 2.75) is 19.3 Å². The highest BCUT2D eigenvalue weighted by Gasteiger charge is 2.36. The summed E-state index contributed by atoms with van der Waals surface area (Å²) in [5.74, 6) is 3.86. The average Bonchev–Trinajstić information content (AvgIpc) is 3.13. The molecule has 5 heteroatoms. The van der Waals surface area contributed by atoms with E-state index in [1.165, 1.54) is 12.5 Å². The second-order valence-electron chi connectivity index (χ2n) is 5.95. The predicted octanol–water partition coefficient (Wildman–Crippen LogP) is 4.07. The SMILES string of the molecule is COc1ccc(NC(=O)C=Cc2ccc(C3CC3C)o2)c(OC)c1. The third-order valence-electron chi connectivity index (χ3n) is 4.19. The minimum atomic E-state index is -0.254. The molecule has 1 fully saturated rings. The van der Waals surface area contributed by atoms with Gasteiger partial charge in [0.25, 0.3) is 0 Å². The quantitative estimate of drug-likeness (QED) is 0.812. The summed E-state index contributed by atoms with van der Waals surface area (Å²) in [6, 6.07) is 9.09. The standard InChI is InChI=1S/C19H21NO4/c1-12-10-15(12)17-8-5-13(24-17)6-9-19(21)20-16-7-4-14(22-2)11-18(16)23-3/h4-9,11-12,15H,10H2,1-3H3,(H,20,21). The van der Waals surface area contributed by atoms with Crippen LogP contribution in [0.5, 0.6) is 11.5 Å². The molecule has 1 amide bonds. The minimum absolute atomic E-state index is 0.254. The Morgan fingerprint density at radius 3 is 2.71 bits per heavy atom. The first-order chi connectivity index (χ1) is 11.6. The van der Waals surface area contributed by atoms with E-state index in [-0.39, 0.29) is 5.91 Å². The Kier molecular flexibility index (Phi) is 4.60. The van der Waals surface area contributed by atoms with E-state index < -0.39 is 0 Å². The molecule has 0 saturated heterocycles. The molecule has 126 valence electrons. The fraction of sp³-hybridized carbons (Fsp3) is 0.316. The van der Waals surface area contributed by atoms with Gasteiger partial charge in [-0.2, -0.15) is 0 Å². The lowest BCUT2D eigenvalue weighted by Crippen LogP contribution is -2.08. The summed E-state index contributed by atoms with van der Waals surface area (Å²) in [7, 11) is 3.12. The highest BCUT2D eigenvalue weighted by atomic mass is 16.5. The number of carbonyl (C=O) groups excluding carboxylic acids is 1. The zero-order valence-electron chi connectivity index (χ0n) is 14.0. The summed E-state index contributed by atoms with van der Waals surface area (Å²) in [6.07, 6.45) is 4.29. The van der Waals surface area contributed by atoms with Crippen molar-refractivity contribution in [1.29, 1.82) is 0 Å². The van der Waals surface area contributed by atoms with Crippen molar-refractivity contribution in [1.82, 2.24) is 0 Å². The van der Waals surface area contributed by atoms with Gasteiger partial charge in [0.2, 0.25) is 5.91 Å². The number of methoxy groups -OCH3 is 2.